The summed E-state index contributed by atoms with van der Waals surface area (Å²) in [6.07, 6.45) is 1.96. The second-order valence-corrected chi connectivity index (χ2v) is 5.48. The quantitative estimate of drug-likeness (QED) is 0.690. The Bertz CT molecular complexity index is 647. The van der Waals surface area contributed by atoms with Crippen LogP contribution in [0.15, 0.2) is 36.4 Å². The number of methoxy groups -OCH3 is 1. The Kier molecular flexibility index (Phi) is 7.17. The number of carbonyl (C=O) groups excluding carboxylic acids is 1. The lowest BCUT2D eigenvalue weighted by Gasteiger charge is -2.09. The zero-order valence-electron chi connectivity index (χ0n) is 14.2. The highest BCUT2D eigenvalue weighted by Crippen LogP contribution is 2.06. The van der Waals surface area contributed by atoms with Crippen molar-refractivity contribution in [1.29, 1.82) is 0 Å². The Balaban J connectivity index is 1.85. The average Bonchev–Trinajstić information content (AvgIpc) is 2.59. The molecule has 2 rings (SSSR count). The van der Waals surface area contributed by atoms with Crippen LogP contribution < -0.4 is 10.6 Å². The van der Waals surface area contributed by atoms with Crippen LogP contribution in [-0.4, -0.2) is 42.7 Å². The summed E-state index contributed by atoms with van der Waals surface area (Å²) in [5, 5.41) is 5.95. The fourth-order valence-corrected chi connectivity index (χ4v) is 2.26. The number of carbonyl (C=O) groups is 1. The van der Waals surface area contributed by atoms with Crippen molar-refractivity contribution in [3.05, 3.63) is 53.3 Å². The van der Waals surface area contributed by atoms with Crippen molar-refractivity contribution in [2.24, 2.45) is 0 Å². The molecule has 0 aliphatic rings. The van der Waals surface area contributed by atoms with E-state index < -0.39 is 0 Å². The molecule has 6 heteroatoms. The van der Waals surface area contributed by atoms with Crippen LogP contribution in [-0.2, 0) is 11.2 Å². The van der Waals surface area contributed by atoms with Crippen molar-refractivity contribution in [3.8, 4) is 0 Å². The van der Waals surface area contributed by atoms with Gasteiger partial charge in [0, 0.05) is 25.9 Å². The first kappa shape index (κ1) is 17.9. The second kappa shape index (κ2) is 9.62. The first-order chi connectivity index (χ1) is 11.7. The number of aryl methyl sites for hydroxylation is 2. The highest BCUT2D eigenvalue weighted by atomic mass is 16.5. The van der Waals surface area contributed by atoms with Gasteiger partial charge in [0.2, 0.25) is 5.95 Å². The molecule has 0 fully saturated rings. The fraction of sp³-hybridized carbons (Fsp3) is 0.389. The van der Waals surface area contributed by atoms with E-state index in [1.807, 2.05) is 25.1 Å². The van der Waals surface area contributed by atoms with Crippen LogP contribution >= 0.6 is 0 Å². The van der Waals surface area contributed by atoms with Gasteiger partial charge in [0.05, 0.1) is 6.61 Å². The molecule has 1 heterocycles. The molecule has 0 saturated heterocycles. The predicted octanol–water partition coefficient (Wildman–Crippen LogP) is 2.21. The fourth-order valence-electron chi connectivity index (χ4n) is 2.26. The Hall–Kier alpha value is -2.47. The first-order valence-corrected chi connectivity index (χ1v) is 8.09. The lowest BCUT2D eigenvalue weighted by atomic mass is 10.1. The van der Waals surface area contributed by atoms with Crippen LogP contribution in [0.25, 0.3) is 0 Å². The summed E-state index contributed by atoms with van der Waals surface area (Å²) in [7, 11) is 1.60. The molecule has 1 amide bonds. The molecule has 0 atom stereocenters. The van der Waals surface area contributed by atoms with E-state index in [4.69, 9.17) is 4.74 Å². The van der Waals surface area contributed by atoms with Crippen molar-refractivity contribution >= 4 is 11.9 Å². The molecule has 2 aromatic rings. The van der Waals surface area contributed by atoms with Gasteiger partial charge < -0.3 is 15.4 Å². The number of ether oxygens (including phenoxy) is 1. The molecule has 1 aromatic carbocycles. The maximum absolute atomic E-state index is 12.1. The maximum atomic E-state index is 12.1. The third-order valence-corrected chi connectivity index (χ3v) is 3.45. The monoisotopic (exact) mass is 328 g/mol. The average molecular weight is 328 g/mol. The van der Waals surface area contributed by atoms with Gasteiger partial charge in [0.15, 0.2) is 0 Å². The Morgan fingerprint density at radius 3 is 2.71 bits per heavy atom. The van der Waals surface area contributed by atoms with E-state index in [1.54, 1.807) is 13.2 Å². The molecular weight excluding hydrogens is 304 g/mol. The van der Waals surface area contributed by atoms with E-state index in [2.05, 4.69) is 32.7 Å². The second-order valence-electron chi connectivity index (χ2n) is 5.48. The first-order valence-electron chi connectivity index (χ1n) is 8.09. The molecule has 0 aliphatic heterocycles. The summed E-state index contributed by atoms with van der Waals surface area (Å²) < 4.78 is 4.92. The van der Waals surface area contributed by atoms with Crippen LogP contribution in [0, 0.1) is 6.92 Å². The molecule has 1 aromatic heterocycles. The Morgan fingerprint density at radius 2 is 1.96 bits per heavy atom. The number of benzene rings is 1. The van der Waals surface area contributed by atoms with Crippen LogP contribution in [0.3, 0.4) is 0 Å². The summed E-state index contributed by atoms with van der Waals surface area (Å²) in [5.41, 5.74) is 2.43. The molecule has 0 aliphatic carbocycles. The van der Waals surface area contributed by atoms with Crippen LogP contribution in [0.1, 0.15) is 28.2 Å². The van der Waals surface area contributed by atoms with Crippen molar-refractivity contribution in [2.45, 2.75) is 19.8 Å². The maximum Gasteiger partial charge on any atom is 0.270 e. The molecule has 0 radical (unpaired) electrons. The van der Waals surface area contributed by atoms with Gasteiger partial charge in [-0.1, -0.05) is 30.3 Å². The number of amides is 1. The highest BCUT2D eigenvalue weighted by Gasteiger charge is 2.09. The minimum absolute atomic E-state index is 0.218. The van der Waals surface area contributed by atoms with E-state index in [-0.39, 0.29) is 5.91 Å². The van der Waals surface area contributed by atoms with Crippen LogP contribution in [0.2, 0.25) is 0 Å². The zero-order chi connectivity index (χ0) is 17.2. The molecule has 2 N–H and O–H groups in total. The third kappa shape index (κ3) is 5.96. The lowest BCUT2D eigenvalue weighted by Crippen LogP contribution is -2.28. The number of nitrogens with one attached hydrogen (secondary N) is 2. The third-order valence-electron chi connectivity index (χ3n) is 3.45. The molecule has 0 saturated carbocycles. The number of nitrogens with zero attached hydrogens (tertiary/aromatic N) is 2. The molecule has 0 spiro atoms. The summed E-state index contributed by atoms with van der Waals surface area (Å²) in [6.45, 7) is 3.53. The molecule has 0 unspecified atom stereocenters. The number of hydrogen-bond donors (Lipinski definition) is 2. The minimum Gasteiger partial charge on any atom is -0.383 e. The van der Waals surface area contributed by atoms with Crippen LogP contribution in [0.4, 0.5) is 5.95 Å². The van der Waals surface area contributed by atoms with Gasteiger partial charge >= 0.3 is 0 Å². The summed E-state index contributed by atoms with van der Waals surface area (Å²) >= 11 is 0. The largest absolute Gasteiger partial charge is 0.383 e. The summed E-state index contributed by atoms with van der Waals surface area (Å²) in [4.78, 5) is 20.7. The van der Waals surface area contributed by atoms with E-state index in [9.17, 15) is 4.79 Å². The zero-order valence-corrected chi connectivity index (χ0v) is 14.2. The SMILES string of the molecule is COCCNC(=O)c1cc(C)nc(NCCCc2ccccc2)n1. The lowest BCUT2D eigenvalue weighted by molar-refractivity contribution is 0.0932. The van der Waals surface area contributed by atoms with E-state index >= 15 is 0 Å². The van der Waals surface area contributed by atoms with Gasteiger partial charge in [-0.25, -0.2) is 9.97 Å². The minimum atomic E-state index is -0.218. The van der Waals surface area contributed by atoms with E-state index in [0.717, 1.165) is 25.1 Å². The van der Waals surface area contributed by atoms with Gasteiger partial charge in [-0.3, -0.25) is 4.79 Å². The molecule has 24 heavy (non-hydrogen) atoms. The van der Waals surface area contributed by atoms with Gasteiger partial charge in [0.1, 0.15) is 5.69 Å². The highest BCUT2D eigenvalue weighted by molar-refractivity contribution is 5.92. The normalized spacial score (nSPS) is 10.4. The molecular formula is C18H24N4O2. The van der Waals surface area contributed by atoms with Gasteiger partial charge in [-0.05, 0) is 31.4 Å². The van der Waals surface area contributed by atoms with Crippen molar-refractivity contribution in [3.63, 3.8) is 0 Å². The van der Waals surface area contributed by atoms with Crippen molar-refractivity contribution in [2.75, 3.05) is 32.1 Å². The van der Waals surface area contributed by atoms with Gasteiger partial charge in [-0.15, -0.1) is 0 Å². The topological polar surface area (TPSA) is 76.1 Å². The summed E-state index contributed by atoms with van der Waals surface area (Å²) in [5.74, 6) is 0.268. The molecule has 0 bridgehead atoms. The Morgan fingerprint density at radius 1 is 1.17 bits per heavy atom. The summed E-state index contributed by atoms with van der Waals surface area (Å²) in [6, 6.07) is 12.0. The standard InChI is InChI=1S/C18H24N4O2/c1-14-13-16(17(23)19-11-12-24-2)22-18(21-14)20-10-6-9-15-7-4-3-5-8-15/h3-5,7-8,13H,6,9-12H2,1-2H3,(H,19,23)(H,20,21,22). The smallest absolute Gasteiger partial charge is 0.270 e. The van der Waals surface area contributed by atoms with Crippen molar-refractivity contribution < 1.29 is 9.53 Å². The molecule has 6 nitrogen and oxygen atoms in total. The number of anilines is 1. The van der Waals surface area contributed by atoms with E-state index in [0.29, 0.717) is 24.8 Å². The van der Waals surface area contributed by atoms with Crippen molar-refractivity contribution in [1.82, 2.24) is 15.3 Å². The van der Waals surface area contributed by atoms with E-state index in [1.165, 1.54) is 5.56 Å². The Labute approximate surface area is 142 Å². The number of rotatable bonds is 9. The van der Waals surface area contributed by atoms with Gasteiger partial charge in [-0.2, -0.15) is 0 Å². The molecule has 128 valence electrons. The number of hydrogen-bond acceptors (Lipinski definition) is 5. The number of aromatic nitrogens is 2. The van der Waals surface area contributed by atoms with Crippen LogP contribution in [0.5, 0.6) is 0 Å². The predicted molar refractivity (Wildman–Crippen MR) is 94.2 cm³/mol. The van der Waals surface area contributed by atoms with Gasteiger partial charge in [0.25, 0.3) is 5.91 Å².